The van der Waals surface area contributed by atoms with Crippen molar-refractivity contribution < 1.29 is 27.2 Å². The maximum atomic E-state index is 12.9. The first-order chi connectivity index (χ1) is 14.4. The first-order valence-electron chi connectivity index (χ1n) is 9.22. The molecule has 30 heavy (non-hydrogen) atoms. The van der Waals surface area contributed by atoms with Crippen LogP contribution in [0, 0.1) is 0 Å². The van der Waals surface area contributed by atoms with Crippen LogP contribution in [-0.2, 0) is 28.7 Å². The highest BCUT2D eigenvalue weighted by atomic mass is 19.4. The summed E-state index contributed by atoms with van der Waals surface area (Å²) in [6.07, 6.45) is -0.0558. The average molecular weight is 421 g/mol. The summed E-state index contributed by atoms with van der Waals surface area (Å²) in [5.41, 5.74) is -0.315. The van der Waals surface area contributed by atoms with E-state index in [0.29, 0.717) is 18.7 Å². The topological polar surface area (TPSA) is 86.3 Å². The van der Waals surface area contributed by atoms with Crippen molar-refractivity contribution in [2.45, 2.75) is 25.2 Å². The Morgan fingerprint density at radius 3 is 2.93 bits per heavy atom. The number of rotatable bonds is 5. The van der Waals surface area contributed by atoms with Crippen LogP contribution in [0.15, 0.2) is 47.5 Å². The third-order valence-electron chi connectivity index (χ3n) is 4.67. The lowest BCUT2D eigenvalue weighted by molar-refractivity contribution is -0.140. The zero-order valence-electron chi connectivity index (χ0n) is 15.7. The van der Waals surface area contributed by atoms with Gasteiger partial charge in [-0.05, 0) is 11.6 Å². The molecule has 8 nitrogen and oxygen atoms in total. The maximum Gasteiger partial charge on any atom is 0.416 e. The predicted molar refractivity (Wildman–Crippen MR) is 96.0 cm³/mol. The molecule has 0 bridgehead atoms. The first kappa shape index (κ1) is 20.1. The van der Waals surface area contributed by atoms with Gasteiger partial charge < -0.3 is 18.7 Å². The summed E-state index contributed by atoms with van der Waals surface area (Å²) in [6.45, 7) is 1.16. The number of aromatic nitrogens is 4. The Morgan fingerprint density at radius 2 is 2.17 bits per heavy atom. The minimum Gasteiger partial charge on any atom is -0.365 e. The van der Waals surface area contributed by atoms with Crippen LogP contribution in [-0.4, -0.2) is 50.2 Å². The van der Waals surface area contributed by atoms with Crippen LogP contribution in [0.1, 0.15) is 28.9 Å². The fourth-order valence-corrected chi connectivity index (χ4v) is 3.17. The van der Waals surface area contributed by atoms with E-state index in [1.54, 1.807) is 34.3 Å². The van der Waals surface area contributed by atoms with Crippen LogP contribution in [0.4, 0.5) is 13.2 Å². The lowest BCUT2D eigenvalue weighted by Gasteiger charge is -2.31. The number of amides is 1. The van der Waals surface area contributed by atoms with Crippen LogP contribution in [0.5, 0.6) is 0 Å². The van der Waals surface area contributed by atoms with Crippen molar-refractivity contribution in [3.8, 4) is 0 Å². The van der Waals surface area contributed by atoms with Gasteiger partial charge in [0.2, 0.25) is 5.91 Å². The van der Waals surface area contributed by atoms with Gasteiger partial charge in [0, 0.05) is 25.4 Å². The summed E-state index contributed by atoms with van der Waals surface area (Å²) in [6, 6.07) is 4.98. The lowest BCUT2D eigenvalue weighted by Crippen LogP contribution is -2.43. The molecule has 1 amide bonds. The van der Waals surface area contributed by atoms with Gasteiger partial charge in [-0.15, -0.1) is 0 Å². The molecule has 158 valence electrons. The predicted octanol–water partition coefficient (Wildman–Crippen LogP) is 2.48. The van der Waals surface area contributed by atoms with E-state index in [4.69, 9.17) is 9.26 Å². The molecule has 1 aromatic carbocycles. The Balaban J connectivity index is 1.40. The van der Waals surface area contributed by atoms with Crippen molar-refractivity contribution in [2.24, 2.45) is 0 Å². The van der Waals surface area contributed by atoms with Gasteiger partial charge in [0.15, 0.2) is 11.9 Å². The molecule has 2 aromatic heterocycles. The molecule has 11 heteroatoms. The zero-order chi connectivity index (χ0) is 21.1. The molecular weight excluding hydrogens is 403 g/mol. The fourth-order valence-electron chi connectivity index (χ4n) is 3.17. The number of imidazole rings is 1. The third-order valence-corrected chi connectivity index (χ3v) is 4.67. The molecule has 4 rings (SSSR count). The van der Waals surface area contributed by atoms with Crippen LogP contribution < -0.4 is 0 Å². The summed E-state index contributed by atoms with van der Waals surface area (Å²) in [5.74, 6) is 0.344. The summed E-state index contributed by atoms with van der Waals surface area (Å²) >= 11 is 0. The number of alkyl halides is 3. The molecule has 1 aliphatic rings. The lowest BCUT2D eigenvalue weighted by atomic mass is 10.1. The zero-order valence-corrected chi connectivity index (χ0v) is 15.7. The molecule has 0 N–H and O–H groups in total. The van der Waals surface area contributed by atoms with E-state index in [-0.39, 0.29) is 37.1 Å². The molecule has 0 spiro atoms. The summed E-state index contributed by atoms with van der Waals surface area (Å²) in [5, 5.41) is 3.85. The van der Waals surface area contributed by atoms with Crippen molar-refractivity contribution >= 4 is 5.91 Å². The fraction of sp³-hybridized carbons (Fsp3) is 0.368. The maximum absolute atomic E-state index is 12.9. The van der Waals surface area contributed by atoms with Crippen LogP contribution in [0.2, 0.25) is 0 Å². The minimum absolute atomic E-state index is 0.0867. The quantitative estimate of drug-likeness (QED) is 0.629. The molecule has 3 aromatic rings. The molecule has 0 aliphatic carbocycles. The van der Waals surface area contributed by atoms with Gasteiger partial charge in [-0.25, -0.2) is 4.98 Å². The van der Waals surface area contributed by atoms with Gasteiger partial charge in [0.25, 0.3) is 5.89 Å². The van der Waals surface area contributed by atoms with Crippen molar-refractivity contribution in [2.75, 3.05) is 19.7 Å². The number of nitrogens with zero attached hydrogens (tertiary/aromatic N) is 5. The highest BCUT2D eigenvalue weighted by Crippen LogP contribution is 2.30. The van der Waals surface area contributed by atoms with Gasteiger partial charge in [0.1, 0.15) is 6.54 Å². The monoisotopic (exact) mass is 421 g/mol. The van der Waals surface area contributed by atoms with Crippen molar-refractivity contribution in [1.29, 1.82) is 0 Å². The molecule has 0 saturated carbocycles. The Kier molecular flexibility index (Phi) is 5.53. The average Bonchev–Trinajstić information content (AvgIpc) is 3.40. The van der Waals surface area contributed by atoms with Gasteiger partial charge >= 0.3 is 6.18 Å². The van der Waals surface area contributed by atoms with Gasteiger partial charge in [-0.3, -0.25) is 4.79 Å². The highest BCUT2D eigenvalue weighted by Gasteiger charge is 2.31. The molecule has 1 saturated heterocycles. The third kappa shape index (κ3) is 4.67. The second-order valence-corrected chi connectivity index (χ2v) is 6.86. The normalized spacial score (nSPS) is 17.3. The Morgan fingerprint density at radius 1 is 1.30 bits per heavy atom. The Bertz CT molecular complexity index is 1000. The van der Waals surface area contributed by atoms with E-state index in [9.17, 15) is 18.0 Å². The molecule has 1 aliphatic heterocycles. The van der Waals surface area contributed by atoms with E-state index < -0.39 is 17.8 Å². The number of benzene rings is 1. The largest absolute Gasteiger partial charge is 0.416 e. The van der Waals surface area contributed by atoms with E-state index >= 15 is 0 Å². The summed E-state index contributed by atoms with van der Waals surface area (Å²) in [7, 11) is 0. The number of carbonyl (C=O) groups excluding carboxylic acids is 1. The number of carbonyl (C=O) groups is 1. The standard InChI is InChI=1S/C19H18F3N5O3/c20-19(21,22)14-3-1-2-13(8-14)9-16-24-18(30-25-16)15-10-27(6-7-29-15)17(28)11-26-5-4-23-12-26/h1-5,8,12,15H,6-7,9-11H2. The van der Waals surface area contributed by atoms with Gasteiger partial charge in [0.05, 0.1) is 25.0 Å². The van der Waals surface area contributed by atoms with Crippen LogP contribution >= 0.6 is 0 Å². The van der Waals surface area contributed by atoms with Gasteiger partial charge in [-0.1, -0.05) is 23.4 Å². The Hall–Kier alpha value is -3.21. The molecule has 3 heterocycles. The molecule has 0 radical (unpaired) electrons. The van der Waals surface area contributed by atoms with Gasteiger partial charge in [-0.2, -0.15) is 18.2 Å². The number of hydrogen-bond acceptors (Lipinski definition) is 6. The first-order valence-corrected chi connectivity index (χ1v) is 9.22. The van der Waals surface area contributed by atoms with E-state index in [2.05, 4.69) is 15.1 Å². The van der Waals surface area contributed by atoms with Crippen molar-refractivity contribution in [3.05, 3.63) is 65.8 Å². The second-order valence-electron chi connectivity index (χ2n) is 6.86. The van der Waals surface area contributed by atoms with Crippen molar-refractivity contribution in [3.63, 3.8) is 0 Å². The summed E-state index contributed by atoms with van der Waals surface area (Å²) < 4.78 is 51.2. The van der Waals surface area contributed by atoms with Crippen molar-refractivity contribution in [1.82, 2.24) is 24.6 Å². The van der Waals surface area contributed by atoms with E-state index in [1.165, 1.54) is 6.07 Å². The van der Waals surface area contributed by atoms with E-state index in [1.807, 2.05) is 0 Å². The number of halogens is 3. The highest BCUT2D eigenvalue weighted by molar-refractivity contribution is 5.76. The summed E-state index contributed by atoms with van der Waals surface area (Å²) in [4.78, 5) is 22.3. The minimum atomic E-state index is -4.42. The van der Waals surface area contributed by atoms with E-state index in [0.717, 1.165) is 12.1 Å². The number of ether oxygens (including phenoxy) is 1. The van der Waals surface area contributed by atoms with Crippen LogP contribution in [0.25, 0.3) is 0 Å². The SMILES string of the molecule is O=C(Cn1ccnc1)N1CCOC(c2nc(Cc3cccc(C(F)(F)F)c3)no2)C1. The molecular formula is C19H18F3N5O3. The second kappa shape index (κ2) is 8.27. The molecule has 1 unspecified atom stereocenters. The Labute approximate surface area is 169 Å². The molecule has 1 fully saturated rings. The smallest absolute Gasteiger partial charge is 0.365 e. The number of hydrogen-bond donors (Lipinski definition) is 0. The van der Waals surface area contributed by atoms with Crippen LogP contribution in [0.3, 0.4) is 0 Å². The number of morpholine rings is 1. The molecule has 1 atom stereocenters.